The van der Waals surface area contributed by atoms with E-state index in [0.29, 0.717) is 18.2 Å². The third kappa shape index (κ3) is 3.79. The lowest BCUT2D eigenvalue weighted by Crippen LogP contribution is -2.30. The first-order valence-corrected chi connectivity index (χ1v) is 9.39. The maximum absolute atomic E-state index is 12.4. The summed E-state index contributed by atoms with van der Waals surface area (Å²) in [5.41, 5.74) is 2.03. The van der Waals surface area contributed by atoms with Crippen molar-refractivity contribution in [1.29, 1.82) is 0 Å². The number of hydrogen-bond donors (Lipinski definition) is 0. The average Bonchev–Trinajstić information content (AvgIpc) is 3.38. The third-order valence-corrected chi connectivity index (χ3v) is 5.27. The predicted molar refractivity (Wildman–Crippen MR) is 96.1 cm³/mol. The molecule has 0 bridgehead atoms. The highest BCUT2D eigenvalue weighted by atomic mass is 32.1. The molecule has 0 aliphatic carbocycles. The van der Waals surface area contributed by atoms with Crippen molar-refractivity contribution in [3.05, 3.63) is 58.5 Å². The summed E-state index contributed by atoms with van der Waals surface area (Å²) in [4.78, 5) is 18.8. The Kier molecular flexibility index (Phi) is 4.61. The Labute approximate surface area is 150 Å². The van der Waals surface area contributed by atoms with Crippen molar-refractivity contribution < 1.29 is 9.32 Å². The van der Waals surface area contributed by atoms with Gasteiger partial charge in [0.15, 0.2) is 5.82 Å². The number of hydrogen-bond acceptors (Lipinski definition) is 5. The molecule has 0 N–H and O–H groups in total. The van der Waals surface area contributed by atoms with Gasteiger partial charge in [-0.05, 0) is 46.9 Å². The molecule has 1 aromatic carbocycles. The minimum atomic E-state index is 0.207. The fourth-order valence-electron chi connectivity index (χ4n) is 3.20. The molecule has 4 rings (SSSR count). The maximum atomic E-state index is 12.4. The van der Waals surface area contributed by atoms with Crippen molar-refractivity contribution in [3.8, 4) is 11.5 Å². The highest BCUT2D eigenvalue weighted by Crippen LogP contribution is 2.23. The molecule has 1 saturated heterocycles. The van der Waals surface area contributed by atoms with E-state index in [9.17, 15) is 4.79 Å². The second kappa shape index (κ2) is 7.19. The van der Waals surface area contributed by atoms with E-state index in [1.54, 1.807) is 11.3 Å². The second-order valence-corrected chi connectivity index (χ2v) is 7.17. The maximum Gasteiger partial charge on any atom is 0.257 e. The Morgan fingerprint density at radius 2 is 2.16 bits per heavy atom. The van der Waals surface area contributed by atoms with E-state index in [1.165, 1.54) is 0 Å². The van der Waals surface area contributed by atoms with E-state index in [1.807, 2.05) is 52.1 Å². The molecule has 0 saturated carbocycles. The van der Waals surface area contributed by atoms with Crippen molar-refractivity contribution in [3.63, 3.8) is 0 Å². The van der Waals surface area contributed by atoms with Gasteiger partial charge in [0, 0.05) is 25.1 Å². The van der Waals surface area contributed by atoms with Gasteiger partial charge in [0.2, 0.25) is 5.91 Å². The summed E-state index contributed by atoms with van der Waals surface area (Å²) in [5, 5.41) is 8.15. The molecule has 1 amide bonds. The first-order valence-electron chi connectivity index (χ1n) is 8.45. The van der Waals surface area contributed by atoms with Crippen LogP contribution in [0, 0.1) is 5.92 Å². The topological polar surface area (TPSA) is 59.2 Å². The van der Waals surface area contributed by atoms with E-state index in [0.717, 1.165) is 42.9 Å². The van der Waals surface area contributed by atoms with Crippen LogP contribution in [0.2, 0.25) is 0 Å². The number of rotatable bonds is 5. The van der Waals surface area contributed by atoms with E-state index in [4.69, 9.17) is 4.52 Å². The molecule has 1 aliphatic heterocycles. The Morgan fingerprint density at radius 3 is 2.96 bits per heavy atom. The van der Waals surface area contributed by atoms with E-state index in [-0.39, 0.29) is 5.91 Å². The molecule has 1 aliphatic rings. The van der Waals surface area contributed by atoms with Crippen molar-refractivity contribution in [1.82, 2.24) is 15.0 Å². The fourth-order valence-corrected chi connectivity index (χ4v) is 3.87. The molecule has 2 aromatic heterocycles. The first kappa shape index (κ1) is 16.0. The van der Waals surface area contributed by atoms with Gasteiger partial charge < -0.3 is 9.42 Å². The van der Waals surface area contributed by atoms with Crippen molar-refractivity contribution in [2.24, 2.45) is 5.92 Å². The molecule has 1 fully saturated rings. The zero-order valence-corrected chi connectivity index (χ0v) is 14.6. The van der Waals surface area contributed by atoms with Gasteiger partial charge in [-0.2, -0.15) is 16.3 Å². The van der Waals surface area contributed by atoms with Gasteiger partial charge in [-0.1, -0.05) is 23.4 Å². The lowest BCUT2D eigenvalue weighted by molar-refractivity contribution is -0.129. The van der Waals surface area contributed by atoms with Crippen LogP contribution in [-0.2, 0) is 17.6 Å². The molecule has 0 radical (unpaired) electrons. The lowest BCUT2D eigenvalue weighted by Gasteiger charge is -2.15. The van der Waals surface area contributed by atoms with E-state index in [2.05, 4.69) is 10.1 Å². The van der Waals surface area contributed by atoms with Crippen LogP contribution in [-0.4, -0.2) is 34.0 Å². The normalized spacial score (nSPS) is 17.1. The minimum absolute atomic E-state index is 0.207. The third-order valence-electron chi connectivity index (χ3n) is 4.53. The van der Waals surface area contributed by atoms with Crippen LogP contribution in [0.25, 0.3) is 11.5 Å². The highest BCUT2D eigenvalue weighted by molar-refractivity contribution is 7.08. The number of benzene rings is 1. The van der Waals surface area contributed by atoms with Crippen molar-refractivity contribution in [2.75, 3.05) is 13.1 Å². The van der Waals surface area contributed by atoms with Crippen LogP contribution >= 0.6 is 11.3 Å². The number of thiophene rings is 1. The Balaban J connectivity index is 1.34. The van der Waals surface area contributed by atoms with Gasteiger partial charge >= 0.3 is 0 Å². The number of aromatic nitrogens is 2. The van der Waals surface area contributed by atoms with Crippen molar-refractivity contribution >= 4 is 17.2 Å². The first-order chi connectivity index (χ1) is 12.3. The molecular formula is C19H19N3O2S. The SMILES string of the molecule is O=C(Cc1ccsc1)N1CCC(Cc2noc(-c3ccccc3)n2)C1. The number of nitrogens with zero attached hydrogens (tertiary/aromatic N) is 3. The highest BCUT2D eigenvalue weighted by Gasteiger charge is 2.27. The molecule has 5 nitrogen and oxygen atoms in total. The quantitative estimate of drug-likeness (QED) is 0.705. The summed E-state index contributed by atoms with van der Waals surface area (Å²) in [6.07, 6.45) is 2.24. The lowest BCUT2D eigenvalue weighted by atomic mass is 10.0. The molecule has 128 valence electrons. The van der Waals surface area contributed by atoms with Crippen LogP contribution in [0.15, 0.2) is 51.7 Å². The van der Waals surface area contributed by atoms with Crippen molar-refractivity contribution in [2.45, 2.75) is 19.3 Å². The van der Waals surface area contributed by atoms with Gasteiger partial charge in [-0.3, -0.25) is 4.79 Å². The van der Waals surface area contributed by atoms with Gasteiger partial charge in [0.05, 0.1) is 6.42 Å². The van der Waals surface area contributed by atoms with Gasteiger partial charge in [-0.25, -0.2) is 0 Å². The number of carbonyl (C=O) groups is 1. The van der Waals surface area contributed by atoms with Crippen LogP contribution in [0.3, 0.4) is 0 Å². The largest absolute Gasteiger partial charge is 0.342 e. The molecule has 25 heavy (non-hydrogen) atoms. The minimum Gasteiger partial charge on any atom is -0.342 e. The monoisotopic (exact) mass is 353 g/mol. The zero-order chi connectivity index (χ0) is 17.1. The van der Waals surface area contributed by atoms with Crippen LogP contribution in [0.4, 0.5) is 0 Å². The summed E-state index contributed by atoms with van der Waals surface area (Å²) in [7, 11) is 0. The Morgan fingerprint density at radius 1 is 1.28 bits per heavy atom. The predicted octanol–water partition coefficient (Wildman–Crippen LogP) is 3.43. The summed E-state index contributed by atoms with van der Waals surface area (Å²) >= 11 is 1.63. The summed E-state index contributed by atoms with van der Waals surface area (Å²) < 4.78 is 5.36. The van der Waals surface area contributed by atoms with Gasteiger partial charge in [0.1, 0.15) is 0 Å². The Bertz CT molecular complexity index is 829. The summed E-state index contributed by atoms with van der Waals surface area (Å²) in [6.45, 7) is 1.59. The molecule has 1 atom stereocenters. The molecule has 3 heterocycles. The molecule has 1 unspecified atom stereocenters. The summed E-state index contributed by atoms with van der Waals surface area (Å²) in [5.74, 6) is 1.88. The van der Waals surface area contributed by atoms with Crippen LogP contribution < -0.4 is 0 Å². The number of carbonyl (C=O) groups excluding carboxylic acids is 1. The zero-order valence-electron chi connectivity index (χ0n) is 13.8. The standard InChI is InChI=1S/C19H19N3O2S/c23-18(11-15-7-9-25-13-15)22-8-6-14(12-22)10-17-20-19(24-21-17)16-4-2-1-3-5-16/h1-5,7,9,13-14H,6,8,10-12H2. The van der Waals surface area contributed by atoms with E-state index >= 15 is 0 Å². The summed E-state index contributed by atoms with van der Waals surface area (Å²) in [6, 6.07) is 11.8. The number of likely N-dealkylation sites (tertiary alicyclic amines) is 1. The van der Waals surface area contributed by atoms with Crippen LogP contribution in [0.1, 0.15) is 17.8 Å². The van der Waals surface area contributed by atoms with Crippen LogP contribution in [0.5, 0.6) is 0 Å². The average molecular weight is 353 g/mol. The number of amides is 1. The Hall–Kier alpha value is -2.47. The smallest absolute Gasteiger partial charge is 0.257 e. The fraction of sp³-hybridized carbons (Fsp3) is 0.316. The van der Waals surface area contributed by atoms with Gasteiger partial charge in [-0.15, -0.1) is 0 Å². The van der Waals surface area contributed by atoms with E-state index < -0.39 is 0 Å². The molecule has 6 heteroatoms. The van der Waals surface area contributed by atoms with Gasteiger partial charge in [0.25, 0.3) is 5.89 Å². The molecular weight excluding hydrogens is 334 g/mol. The second-order valence-electron chi connectivity index (χ2n) is 6.39. The molecule has 3 aromatic rings. The molecule has 0 spiro atoms.